The molecular formula is C20H40O2. The number of ether oxygens (including phenoxy) is 1. The zero-order valence-electron chi connectivity index (χ0n) is 15.5. The van der Waals surface area contributed by atoms with Crippen molar-refractivity contribution in [3.63, 3.8) is 0 Å². The minimum atomic E-state index is -0.0145. The lowest BCUT2D eigenvalue weighted by Crippen LogP contribution is -2.05. The Morgan fingerprint density at radius 2 is 1.27 bits per heavy atom. The molecule has 0 spiro atoms. The number of esters is 1. The molecule has 0 aliphatic carbocycles. The summed E-state index contributed by atoms with van der Waals surface area (Å²) in [6.07, 6.45) is 17.3. The van der Waals surface area contributed by atoms with Gasteiger partial charge in [-0.2, -0.15) is 0 Å². The Labute approximate surface area is 139 Å². The normalized spacial score (nSPS) is 11.1. The molecule has 0 unspecified atom stereocenters. The van der Waals surface area contributed by atoms with Gasteiger partial charge in [-0.1, -0.05) is 91.4 Å². The molecule has 0 fully saturated rings. The highest BCUT2D eigenvalue weighted by atomic mass is 16.5. The summed E-state index contributed by atoms with van der Waals surface area (Å²) in [6, 6.07) is 0. The van der Waals surface area contributed by atoms with Crippen LogP contribution in [0.3, 0.4) is 0 Å². The van der Waals surface area contributed by atoms with Gasteiger partial charge >= 0.3 is 5.97 Å². The van der Waals surface area contributed by atoms with Gasteiger partial charge in [0.15, 0.2) is 0 Å². The first-order valence-corrected chi connectivity index (χ1v) is 9.82. The first kappa shape index (κ1) is 21.5. The van der Waals surface area contributed by atoms with Gasteiger partial charge in [0.1, 0.15) is 0 Å². The molecule has 0 aromatic rings. The van der Waals surface area contributed by atoms with Crippen molar-refractivity contribution in [2.45, 2.75) is 111 Å². The summed E-state index contributed by atoms with van der Waals surface area (Å²) in [7, 11) is 0. The van der Waals surface area contributed by atoms with E-state index in [-0.39, 0.29) is 5.97 Å². The van der Waals surface area contributed by atoms with Crippen LogP contribution in [-0.4, -0.2) is 12.6 Å². The molecule has 0 bridgehead atoms. The Kier molecular flexibility index (Phi) is 16.4. The van der Waals surface area contributed by atoms with Crippen LogP contribution in [0.2, 0.25) is 0 Å². The van der Waals surface area contributed by atoms with E-state index in [1.807, 2.05) is 0 Å². The minimum absolute atomic E-state index is 0.0145. The molecule has 2 heteroatoms. The summed E-state index contributed by atoms with van der Waals surface area (Å²) >= 11 is 0. The molecule has 0 heterocycles. The van der Waals surface area contributed by atoms with Gasteiger partial charge < -0.3 is 4.74 Å². The Bertz CT molecular complexity index is 236. The van der Waals surface area contributed by atoms with Gasteiger partial charge in [-0.25, -0.2) is 0 Å². The number of hydrogen-bond acceptors (Lipinski definition) is 2. The van der Waals surface area contributed by atoms with Crippen molar-refractivity contribution in [3.8, 4) is 0 Å². The lowest BCUT2D eigenvalue weighted by Gasteiger charge is -2.05. The van der Waals surface area contributed by atoms with Gasteiger partial charge in [-0.15, -0.1) is 0 Å². The van der Waals surface area contributed by atoms with Crippen LogP contribution in [-0.2, 0) is 9.53 Å². The van der Waals surface area contributed by atoms with Crippen molar-refractivity contribution >= 4 is 5.97 Å². The second-order valence-corrected chi connectivity index (χ2v) is 7.04. The molecule has 0 aliphatic rings. The SMILES string of the molecule is CCCCC(=O)OCCCCCCCCCCCCC(C)C. The molecule has 0 N–H and O–H groups in total. The molecule has 0 rings (SSSR count). The highest BCUT2D eigenvalue weighted by Crippen LogP contribution is 2.13. The van der Waals surface area contributed by atoms with Crippen LogP contribution in [0, 0.1) is 5.92 Å². The maximum absolute atomic E-state index is 11.3. The Morgan fingerprint density at radius 1 is 0.773 bits per heavy atom. The molecule has 0 aliphatic heterocycles. The number of hydrogen-bond donors (Lipinski definition) is 0. The van der Waals surface area contributed by atoms with Gasteiger partial charge in [0.25, 0.3) is 0 Å². The lowest BCUT2D eigenvalue weighted by molar-refractivity contribution is -0.143. The predicted molar refractivity (Wildman–Crippen MR) is 96.1 cm³/mol. The van der Waals surface area contributed by atoms with E-state index in [1.54, 1.807) is 0 Å². The van der Waals surface area contributed by atoms with Crippen molar-refractivity contribution < 1.29 is 9.53 Å². The highest BCUT2D eigenvalue weighted by Gasteiger charge is 2.01. The summed E-state index contributed by atoms with van der Waals surface area (Å²) in [5.41, 5.74) is 0. The van der Waals surface area contributed by atoms with E-state index < -0.39 is 0 Å². The first-order valence-electron chi connectivity index (χ1n) is 9.82. The number of carbonyl (C=O) groups is 1. The topological polar surface area (TPSA) is 26.3 Å². The zero-order valence-corrected chi connectivity index (χ0v) is 15.5. The second kappa shape index (κ2) is 16.8. The molecular weight excluding hydrogens is 272 g/mol. The lowest BCUT2D eigenvalue weighted by atomic mass is 10.0. The van der Waals surface area contributed by atoms with Crippen LogP contribution in [0.4, 0.5) is 0 Å². The molecule has 22 heavy (non-hydrogen) atoms. The second-order valence-electron chi connectivity index (χ2n) is 7.04. The van der Waals surface area contributed by atoms with Gasteiger partial charge in [0, 0.05) is 6.42 Å². The van der Waals surface area contributed by atoms with Crippen LogP contribution in [0.15, 0.2) is 0 Å². The number of rotatable bonds is 16. The quantitative estimate of drug-likeness (QED) is 0.235. The van der Waals surface area contributed by atoms with Crippen LogP contribution >= 0.6 is 0 Å². The summed E-state index contributed by atoms with van der Waals surface area (Å²) in [5, 5.41) is 0. The Hall–Kier alpha value is -0.530. The largest absolute Gasteiger partial charge is 0.466 e. The third kappa shape index (κ3) is 17.5. The summed E-state index contributed by atoms with van der Waals surface area (Å²) in [6.45, 7) is 7.34. The molecule has 0 amide bonds. The summed E-state index contributed by atoms with van der Waals surface area (Å²) in [4.78, 5) is 11.3. The molecule has 0 atom stereocenters. The molecule has 0 aromatic carbocycles. The van der Waals surface area contributed by atoms with Crippen LogP contribution < -0.4 is 0 Å². The van der Waals surface area contributed by atoms with Gasteiger partial charge in [-0.3, -0.25) is 4.79 Å². The molecule has 0 radical (unpaired) electrons. The number of carbonyl (C=O) groups excluding carboxylic acids is 1. The maximum Gasteiger partial charge on any atom is 0.305 e. The summed E-state index contributed by atoms with van der Waals surface area (Å²) < 4.78 is 5.20. The predicted octanol–water partition coefficient (Wildman–Crippen LogP) is 6.67. The van der Waals surface area contributed by atoms with Crippen molar-refractivity contribution in [3.05, 3.63) is 0 Å². The van der Waals surface area contributed by atoms with Crippen molar-refractivity contribution in [2.24, 2.45) is 5.92 Å². The maximum atomic E-state index is 11.3. The third-order valence-electron chi connectivity index (χ3n) is 4.17. The highest BCUT2D eigenvalue weighted by molar-refractivity contribution is 5.69. The van der Waals surface area contributed by atoms with Crippen LogP contribution in [0.1, 0.15) is 111 Å². The molecule has 2 nitrogen and oxygen atoms in total. The first-order chi connectivity index (χ1) is 10.7. The average Bonchev–Trinajstić information content (AvgIpc) is 2.49. The Morgan fingerprint density at radius 3 is 1.77 bits per heavy atom. The monoisotopic (exact) mass is 312 g/mol. The fraction of sp³-hybridized carbons (Fsp3) is 0.950. The fourth-order valence-electron chi connectivity index (χ4n) is 2.65. The number of unbranched alkanes of at least 4 members (excludes halogenated alkanes) is 10. The molecule has 0 aromatic heterocycles. The van der Waals surface area contributed by atoms with E-state index >= 15 is 0 Å². The summed E-state index contributed by atoms with van der Waals surface area (Å²) in [5.74, 6) is 0.852. The zero-order chi connectivity index (χ0) is 16.5. The molecule has 132 valence electrons. The van der Waals surface area contributed by atoms with Gasteiger partial charge in [-0.05, 0) is 18.8 Å². The van der Waals surface area contributed by atoms with E-state index in [0.717, 1.165) is 25.2 Å². The van der Waals surface area contributed by atoms with E-state index in [1.165, 1.54) is 64.2 Å². The molecule has 0 saturated carbocycles. The Balaban J connectivity index is 3.07. The average molecular weight is 313 g/mol. The van der Waals surface area contributed by atoms with Crippen molar-refractivity contribution in [2.75, 3.05) is 6.61 Å². The van der Waals surface area contributed by atoms with E-state index in [0.29, 0.717) is 13.0 Å². The minimum Gasteiger partial charge on any atom is -0.466 e. The van der Waals surface area contributed by atoms with E-state index in [9.17, 15) is 4.79 Å². The van der Waals surface area contributed by atoms with Crippen molar-refractivity contribution in [1.29, 1.82) is 0 Å². The van der Waals surface area contributed by atoms with Crippen molar-refractivity contribution in [1.82, 2.24) is 0 Å². The standard InChI is InChI=1S/C20H40O2/c1-4-5-17-20(21)22-18-15-13-11-9-7-6-8-10-12-14-16-19(2)3/h19H,4-18H2,1-3H3. The molecule has 0 saturated heterocycles. The van der Waals surface area contributed by atoms with E-state index in [4.69, 9.17) is 4.74 Å². The van der Waals surface area contributed by atoms with Crippen LogP contribution in [0.25, 0.3) is 0 Å². The van der Waals surface area contributed by atoms with E-state index in [2.05, 4.69) is 20.8 Å². The van der Waals surface area contributed by atoms with Gasteiger partial charge in [0.2, 0.25) is 0 Å². The third-order valence-corrected chi connectivity index (χ3v) is 4.17. The smallest absolute Gasteiger partial charge is 0.305 e. The van der Waals surface area contributed by atoms with Crippen LogP contribution in [0.5, 0.6) is 0 Å². The fourth-order valence-corrected chi connectivity index (χ4v) is 2.65. The van der Waals surface area contributed by atoms with Gasteiger partial charge in [0.05, 0.1) is 6.61 Å².